The Hall–Kier alpha value is -0.500. The van der Waals surface area contributed by atoms with Crippen LogP contribution in [0.15, 0.2) is 18.2 Å². The molecule has 2 heteroatoms. The number of alkyl halides is 1. The van der Waals surface area contributed by atoms with E-state index in [2.05, 4.69) is 41.1 Å². The van der Waals surface area contributed by atoms with Crippen molar-refractivity contribution in [3.05, 3.63) is 29.3 Å². The lowest BCUT2D eigenvalue weighted by Gasteiger charge is -2.30. The molecule has 0 radical (unpaired) electrons. The maximum absolute atomic E-state index is 5.58. The van der Waals surface area contributed by atoms with E-state index in [1.807, 2.05) is 0 Å². The van der Waals surface area contributed by atoms with Gasteiger partial charge < -0.3 is 4.74 Å². The Morgan fingerprint density at radius 1 is 1.22 bits per heavy atom. The van der Waals surface area contributed by atoms with Crippen LogP contribution in [0.1, 0.15) is 48.6 Å². The summed E-state index contributed by atoms with van der Waals surface area (Å²) in [7, 11) is 0. The molecule has 1 aliphatic carbocycles. The Labute approximate surface area is 118 Å². The molecule has 1 aromatic rings. The van der Waals surface area contributed by atoms with Gasteiger partial charge in [0.2, 0.25) is 0 Å². The third-order valence-electron chi connectivity index (χ3n) is 4.51. The van der Waals surface area contributed by atoms with Gasteiger partial charge in [0, 0.05) is 11.2 Å². The standard InChI is InChI=1S/C16H21BrO/c1-11-2-4-12(5-3-11)16(17)14-6-7-15-13(10-14)8-9-18-15/h6-7,10-12,16H,2-5,8-9H2,1H3. The first-order valence-corrected chi connectivity index (χ1v) is 8.05. The molecule has 1 aromatic carbocycles. The molecule has 1 saturated carbocycles. The van der Waals surface area contributed by atoms with Crippen molar-refractivity contribution in [2.75, 3.05) is 6.61 Å². The highest BCUT2D eigenvalue weighted by Gasteiger charge is 2.26. The van der Waals surface area contributed by atoms with Crippen LogP contribution in [0.2, 0.25) is 0 Å². The predicted octanol–water partition coefficient (Wildman–Crippen LogP) is 4.88. The van der Waals surface area contributed by atoms with E-state index < -0.39 is 0 Å². The van der Waals surface area contributed by atoms with Crippen LogP contribution in [0.5, 0.6) is 5.75 Å². The quantitative estimate of drug-likeness (QED) is 0.707. The fourth-order valence-corrected chi connectivity index (χ4v) is 4.04. The van der Waals surface area contributed by atoms with E-state index in [0.29, 0.717) is 4.83 Å². The number of benzene rings is 1. The van der Waals surface area contributed by atoms with Crippen molar-refractivity contribution in [3.63, 3.8) is 0 Å². The molecular formula is C16H21BrO. The van der Waals surface area contributed by atoms with Gasteiger partial charge in [0.1, 0.15) is 5.75 Å². The largest absolute Gasteiger partial charge is 0.493 e. The second-order valence-corrected chi connectivity index (χ2v) is 6.87. The highest BCUT2D eigenvalue weighted by molar-refractivity contribution is 9.09. The Morgan fingerprint density at radius 3 is 2.78 bits per heavy atom. The lowest BCUT2D eigenvalue weighted by atomic mass is 9.80. The fraction of sp³-hybridized carbons (Fsp3) is 0.625. The molecule has 1 aliphatic heterocycles. The fourth-order valence-electron chi connectivity index (χ4n) is 3.23. The third-order valence-corrected chi connectivity index (χ3v) is 5.78. The van der Waals surface area contributed by atoms with Crippen molar-refractivity contribution in [2.45, 2.75) is 43.9 Å². The summed E-state index contributed by atoms with van der Waals surface area (Å²) < 4.78 is 5.58. The minimum absolute atomic E-state index is 0.524. The van der Waals surface area contributed by atoms with Gasteiger partial charge in [-0.15, -0.1) is 0 Å². The van der Waals surface area contributed by atoms with Gasteiger partial charge in [-0.1, -0.05) is 47.8 Å². The molecule has 0 spiro atoms. The van der Waals surface area contributed by atoms with Gasteiger partial charge in [0.05, 0.1) is 6.61 Å². The number of rotatable bonds is 2. The summed E-state index contributed by atoms with van der Waals surface area (Å²) in [6.45, 7) is 3.23. The van der Waals surface area contributed by atoms with Crippen molar-refractivity contribution in [3.8, 4) is 5.75 Å². The van der Waals surface area contributed by atoms with Gasteiger partial charge in [-0.05, 0) is 41.9 Å². The molecule has 1 atom stereocenters. The van der Waals surface area contributed by atoms with Gasteiger partial charge in [0.15, 0.2) is 0 Å². The van der Waals surface area contributed by atoms with E-state index >= 15 is 0 Å². The summed E-state index contributed by atoms with van der Waals surface area (Å²) in [5, 5.41) is 0. The third kappa shape index (κ3) is 2.45. The molecule has 0 bridgehead atoms. The Balaban J connectivity index is 1.74. The van der Waals surface area contributed by atoms with E-state index in [4.69, 9.17) is 4.74 Å². The molecule has 0 amide bonds. The maximum Gasteiger partial charge on any atom is 0.122 e. The zero-order valence-electron chi connectivity index (χ0n) is 11.0. The van der Waals surface area contributed by atoms with Crippen molar-refractivity contribution in [1.82, 2.24) is 0 Å². The van der Waals surface area contributed by atoms with Gasteiger partial charge in [-0.25, -0.2) is 0 Å². The number of ether oxygens (including phenoxy) is 1. The van der Waals surface area contributed by atoms with Crippen molar-refractivity contribution in [1.29, 1.82) is 0 Å². The molecule has 0 aromatic heterocycles. The van der Waals surface area contributed by atoms with Crippen LogP contribution < -0.4 is 4.74 Å². The summed E-state index contributed by atoms with van der Waals surface area (Å²) in [5.74, 6) is 2.83. The van der Waals surface area contributed by atoms with E-state index in [1.54, 1.807) is 0 Å². The topological polar surface area (TPSA) is 9.23 Å². The molecule has 98 valence electrons. The summed E-state index contributed by atoms with van der Waals surface area (Å²) >= 11 is 3.93. The lowest BCUT2D eigenvalue weighted by Crippen LogP contribution is -2.16. The summed E-state index contributed by atoms with van der Waals surface area (Å²) in [6.07, 6.45) is 6.58. The molecule has 3 rings (SSSR count). The second kappa shape index (κ2) is 5.24. The van der Waals surface area contributed by atoms with E-state index in [1.165, 1.54) is 36.8 Å². The molecule has 0 saturated heterocycles. The van der Waals surface area contributed by atoms with Gasteiger partial charge >= 0.3 is 0 Å². The van der Waals surface area contributed by atoms with E-state index in [9.17, 15) is 0 Å². The molecule has 0 N–H and O–H groups in total. The SMILES string of the molecule is CC1CCC(C(Br)c2ccc3c(c2)CCO3)CC1. The number of hydrogen-bond acceptors (Lipinski definition) is 1. The first-order chi connectivity index (χ1) is 8.74. The molecular weight excluding hydrogens is 288 g/mol. The second-order valence-electron chi connectivity index (χ2n) is 5.89. The first-order valence-electron chi connectivity index (χ1n) is 7.13. The van der Waals surface area contributed by atoms with Crippen molar-refractivity contribution >= 4 is 15.9 Å². The first kappa shape index (κ1) is 12.5. The molecule has 2 aliphatic rings. The minimum Gasteiger partial charge on any atom is -0.493 e. The van der Waals surface area contributed by atoms with E-state index in [-0.39, 0.29) is 0 Å². The highest BCUT2D eigenvalue weighted by atomic mass is 79.9. The zero-order valence-corrected chi connectivity index (χ0v) is 12.6. The molecule has 1 unspecified atom stereocenters. The monoisotopic (exact) mass is 308 g/mol. The predicted molar refractivity (Wildman–Crippen MR) is 78.4 cm³/mol. The number of hydrogen-bond donors (Lipinski definition) is 0. The van der Waals surface area contributed by atoms with Crippen LogP contribution in [0.25, 0.3) is 0 Å². The smallest absolute Gasteiger partial charge is 0.122 e. The minimum atomic E-state index is 0.524. The summed E-state index contributed by atoms with van der Waals surface area (Å²) in [5.41, 5.74) is 2.83. The van der Waals surface area contributed by atoms with Gasteiger partial charge in [-0.2, -0.15) is 0 Å². The molecule has 1 heterocycles. The van der Waals surface area contributed by atoms with Gasteiger partial charge in [-0.3, -0.25) is 0 Å². The Bertz CT molecular complexity index is 421. The Kier molecular flexibility index (Phi) is 3.65. The van der Waals surface area contributed by atoms with Crippen LogP contribution in [0.3, 0.4) is 0 Å². The normalized spacial score (nSPS) is 28.6. The molecule has 1 fully saturated rings. The number of halogens is 1. The van der Waals surface area contributed by atoms with Crippen LogP contribution in [-0.2, 0) is 6.42 Å². The van der Waals surface area contributed by atoms with E-state index in [0.717, 1.165) is 30.6 Å². The van der Waals surface area contributed by atoms with Crippen LogP contribution >= 0.6 is 15.9 Å². The molecule has 1 nitrogen and oxygen atoms in total. The van der Waals surface area contributed by atoms with Gasteiger partial charge in [0.25, 0.3) is 0 Å². The zero-order chi connectivity index (χ0) is 12.5. The lowest BCUT2D eigenvalue weighted by molar-refractivity contribution is 0.287. The Morgan fingerprint density at radius 2 is 2.00 bits per heavy atom. The molecule has 18 heavy (non-hydrogen) atoms. The average Bonchev–Trinajstić information content (AvgIpc) is 2.86. The summed E-state index contributed by atoms with van der Waals surface area (Å²) in [6, 6.07) is 6.73. The maximum atomic E-state index is 5.58. The van der Waals surface area contributed by atoms with Crippen molar-refractivity contribution in [2.24, 2.45) is 11.8 Å². The van der Waals surface area contributed by atoms with Crippen molar-refractivity contribution < 1.29 is 4.74 Å². The van der Waals surface area contributed by atoms with Crippen LogP contribution in [0.4, 0.5) is 0 Å². The highest BCUT2D eigenvalue weighted by Crippen LogP contribution is 2.42. The van der Waals surface area contributed by atoms with Crippen LogP contribution in [-0.4, -0.2) is 6.61 Å². The number of fused-ring (bicyclic) bond motifs is 1. The average molecular weight is 309 g/mol. The van der Waals surface area contributed by atoms with Crippen LogP contribution in [0, 0.1) is 11.8 Å². The summed E-state index contributed by atoms with van der Waals surface area (Å²) in [4.78, 5) is 0.524.